The number of carbonyl (C=O) groups is 2. The summed E-state index contributed by atoms with van der Waals surface area (Å²) in [4.78, 5) is 31.0. The van der Waals surface area contributed by atoms with E-state index in [0.717, 1.165) is 12.0 Å². The van der Waals surface area contributed by atoms with Crippen LogP contribution in [0.5, 0.6) is 0 Å². The maximum absolute atomic E-state index is 12.8. The minimum absolute atomic E-state index is 0.0134. The molecule has 1 aliphatic rings. The molecule has 0 aliphatic carbocycles. The molecule has 1 saturated heterocycles. The van der Waals surface area contributed by atoms with Gasteiger partial charge in [-0.25, -0.2) is 0 Å². The Labute approximate surface area is 163 Å². The zero-order valence-corrected chi connectivity index (χ0v) is 16.2. The van der Waals surface area contributed by atoms with Crippen LogP contribution in [0, 0.1) is 6.92 Å². The van der Waals surface area contributed by atoms with Gasteiger partial charge in [-0.3, -0.25) is 9.59 Å². The number of nitrogens with one attached hydrogen (secondary N) is 1. The largest absolute Gasteiger partial charge is 0.394 e. The van der Waals surface area contributed by atoms with Gasteiger partial charge in [0.1, 0.15) is 0 Å². The van der Waals surface area contributed by atoms with E-state index in [-0.39, 0.29) is 30.7 Å². The minimum atomic E-state index is -0.638. The van der Waals surface area contributed by atoms with Crippen molar-refractivity contribution in [1.82, 2.24) is 20.4 Å². The molecule has 3 rings (SSSR count). The fourth-order valence-electron chi connectivity index (χ4n) is 3.50. The van der Waals surface area contributed by atoms with Crippen LogP contribution in [0.15, 0.2) is 34.9 Å². The lowest BCUT2D eigenvalue weighted by atomic mass is 9.93. The molecule has 1 amide bonds. The Balaban J connectivity index is 1.62. The van der Waals surface area contributed by atoms with Gasteiger partial charge in [0.15, 0.2) is 0 Å². The topological polar surface area (TPSA) is 109 Å². The lowest BCUT2D eigenvalue weighted by Gasteiger charge is -2.31. The summed E-state index contributed by atoms with van der Waals surface area (Å²) in [6.45, 7) is 3.94. The highest BCUT2D eigenvalue weighted by Gasteiger charge is 2.37. The number of aliphatic hydroxyl groups excluding tert-OH is 1. The molecule has 1 aromatic carbocycles. The molecule has 0 radical (unpaired) electrons. The molecule has 2 N–H and O–H groups in total. The second kappa shape index (κ2) is 8.62. The first kappa shape index (κ1) is 20.2. The summed E-state index contributed by atoms with van der Waals surface area (Å²) >= 11 is 0. The Morgan fingerprint density at radius 2 is 2.11 bits per heavy atom. The summed E-state index contributed by atoms with van der Waals surface area (Å²) in [5, 5.41) is 16.7. The van der Waals surface area contributed by atoms with Crippen LogP contribution in [0.25, 0.3) is 0 Å². The van der Waals surface area contributed by atoms with Crippen molar-refractivity contribution in [2.24, 2.45) is 0 Å². The SMILES string of the molecule is Cc1nc(C(=O)C2CCCN2C(=O)CNC(C)(CO)Cc2ccccc2)no1. The highest BCUT2D eigenvalue weighted by atomic mass is 16.5. The molecule has 1 fully saturated rings. The van der Waals surface area contributed by atoms with Crippen molar-refractivity contribution < 1.29 is 19.2 Å². The van der Waals surface area contributed by atoms with Crippen LogP contribution < -0.4 is 5.32 Å². The Morgan fingerprint density at radius 1 is 1.36 bits per heavy atom. The molecule has 2 atom stereocenters. The number of amides is 1. The first-order valence-electron chi connectivity index (χ1n) is 9.46. The third kappa shape index (κ3) is 4.63. The minimum Gasteiger partial charge on any atom is -0.394 e. The van der Waals surface area contributed by atoms with E-state index in [1.165, 1.54) is 0 Å². The number of benzene rings is 1. The maximum Gasteiger partial charge on any atom is 0.240 e. The van der Waals surface area contributed by atoms with Crippen LogP contribution in [0.3, 0.4) is 0 Å². The molecule has 8 heteroatoms. The smallest absolute Gasteiger partial charge is 0.240 e. The average Bonchev–Trinajstić information content (AvgIpc) is 3.35. The molecular weight excluding hydrogens is 360 g/mol. The highest BCUT2D eigenvalue weighted by Crippen LogP contribution is 2.21. The molecular formula is C20H26N4O4. The van der Waals surface area contributed by atoms with Crippen molar-refractivity contribution in [3.8, 4) is 0 Å². The molecule has 0 spiro atoms. The standard InChI is InChI=1S/C20H26N4O4/c1-14-22-19(23-28-14)18(27)16-9-6-10-24(16)17(26)12-21-20(2,13-25)11-15-7-4-3-5-8-15/h3-5,7-8,16,21,25H,6,9-13H2,1-2H3. The number of aromatic nitrogens is 2. The van der Waals surface area contributed by atoms with Crippen molar-refractivity contribution in [3.63, 3.8) is 0 Å². The predicted molar refractivity (Wildman–Crippen MR) is 102 cm³/mol. The van der Waals surface area contributed by atoms with Crippen molar-refractivity contribution >= 4 is 11.7 Å². The van der Waals surface area contributed by atoms with Crippen molar-refractivity contribution in [2.45, 2.75) is 44.7 Å². The Kier molecular flexibility index (Phi) is 6.21. The summed E-state index contributed by atoms with van der Waals surface area (Å²) < 4.78 is 4.88. The Morgan fingerprint density at radius 3 is 2.75 bits per heavy atom. The van der Waals surface area contributed by atoms with Gasteiger partial charge >= 0.3 is 0 Å². The molecule has 1 aliphatic heterocycles. The summed E-state index contributed by atoms with van der Waals surface area (Å²) in [5.74, 6) is -0.138. The fraction of sp³-hybridized carbons (Fsp3) is 0.500. The number of aliphatic hydroxyl groups is 1. The van der Waals surface area contributed by atoms with Gasteiger partial charge in [-0.2, -0.15) is 4.98 Å². The third-order valence-corrected chi connectivity index (χ3v) is 5.08. The Hall–Kier alpha value is -2.58. The number of carbonyl (C=O) groups excluding carboxylic acids is 2. The summed E-state index contributed by atoms with van der Waals surface area (Å²) in [6, 6.07) is 9.23. The molecule has 1 aromatic heterocycles. The number of hydrogen-bond donors (Lipinski definition) is 2. The van der Waals surface area contributed by atoms with Crippen LogP contribution in [0.4, 0.5) is 0 Å². The van der Waals surface area contributed by atoms with Crippen molar-refractivity contribution in [1.29, 1.82) is 0 Å². The molecule has 28 heavy (non-hydrogen) atoms. The predicted octanol–water partition coefficient (Wildman–Crippen LogP) is 1.14. The third-order valence-electron chi connectivity index (χ3n) is 5.08. The van der Waals surface area contributed by atoms with E-state index in [1.54, 1.807) is 11.8 Å². The monoisotopic (exact) mass is 386 g/mol. The molecule has 2 aromatic rings. The zero-order chi connectivity index (χ0) is 20.1. The lowest BCUT2D eigenvalue weighted by molar-refractivity contribution is -0.130. The quantitative estimate of drug-likeness (QED) is 0.655. The van der Waals surface area contributed by atoms with Gasteiger partial charge in [0, 0.05) is 19.0 Å². The van der Waals surface area contributed by atoms with Gasteiger partial charge in [0.05, 0.1) is 19.2 Å². The number of Topliss-reactive ketones (excluding diaryl/α,β-unsaturated/α-hetero) is 1. The molecule has 8 nitrogen and oxygen atoms in total. The number of rotatable bonds is 8. The fourth-order valence-corrected chi connectivity index (χ4v) is 3.50. The van der Waals surface area contributed by atoms with E-state index in [9.17, 15) is 14.7 Å². The number of ketones is 1. The summed E-state index contributed by atoms with van der Waals surface area (Å²) in [6.07, 6.45) is 1.92. The summed E-state index contributed by atoms with van der Waals surface area (Å²) in [7, 11) is 0. The second-order valence-electron chi connectivity index (χ2n) is 7.48. The van der Waals surface area contributed by atoms with Gasteiger partial charge < -0.3 is 19.8 Å². The van der Waals surface area contributed by atoms with Crippen LogP contribution in [0.2, 0.25) is 0 Å². The molecule has 2 unspecified atom stereocenters. The van der Waals surface area contributed by atoms with Crippen LogP contribution in [0.1, 0.15) is 41.8 Å². The maximum atomic E-state index is 12.8. The van der Waals surface area contributed by atoms with Crippen LogP contribution in [-0.2, 0) is 11.2 Å². The number of hydrogen-bond acceptors (Lipinski definition) is 7. The number of aryl methyl sites for hydroxylation is 1. The number of nitrogens with zero attached hydrogens (tertiary/aromatic N) is 3. The molecule has 2 heterocycles. The van der Waals surface area contributed by atoms with Gasteiger partial charge in [-0.15, -0.1) is 0 Å². The molecule has 0 saturated carbocycles. The van der Waals surface area contributed by atoms with E-state index in [1.807, 2.05) is 37.3 Å². The van der Waals surface area contributed by atoms with E-state index in [0.29, 0.717) is 25.3 Å². The summed E-state index contributed by atoms with van der Waals surface area (Å²) in [5.41, 5.74) is 0.432. The van der Waals surface area contributed by atoms with E-state index >= 15 is 0 Å². The van der Waals surface area contributed by atoms with Crippen LogP contribution >= 0.6 is 0 Å². The zero-order valence-electron chi connectivity index (χ0n) is 16.2. The Bertz CT molecular complexity index is 823. The van der Waals surface area contributed by atoms with Crippen molar-refractivity contribution in [2.75, 3.05) is 19.7 Å². The normalized spacial score (nSPS) is 18.8. The van der Waals surface area contributed by atoms with Gasteiger partial charge in [0.2, 0.25) is 23.4 Å². The van der Waals surface area contributed by atoms with E-state index in [2.05, 4.69) is 15.5 Å². The van der Waals surface area contributed by atoms with E-state index < -0.39 is 11.6 Å². The first-order chi connectivity index (χ1) is 13.4. The van der Waals surface area contributed by atoms with E-state index in [4.69, 9.17) is 4.52 Å². The van der Waals surface area contributed by atoms with Crippen molar-refractivity contribution in [3.05, 3.63) is 47.6 Å². The van der Waals surface area contributed by atoms with Gasteiger partial charge in [0.25, 0.3) is 0 Å². The second-order valence-corrected chi connectivity index (χ2v) is 7.48. The number of likely N-dealkylation sites (tertiary alicyclic amines) is 1. The average molecular weight is 386 g/mol. The van der Waals surface area contributed by atoms with Crippen LogP contribution in [-0.4, -0.2) is 63.1 Å². The van der Waals surface area contributed by atoms with Gasteiger partial charge in [-0.05, 0) is 31.7 Å². The lowest BCUT2D eigenvalue weighted by Crippen LogP contribution is -2.53. The molecule has 150 valence electrons. The van der Waals surface area contributed by atoms with Gasteiger partial charge in [-0.1, -0.05) is 35.5 Å². The molecule has 0 bridgehead atoms. The highest BCUT2D eigenvalue weighted by molar-refractivity contribution is 5.99. The first-order valence-corrected chi connectivity index (χ1v) is 9.46.